The fourth-order valence-electron chi connectivity index (χ4n) is 3.42. The second-order valence-electron chi connectivity index (χ2n) is 7.68. The number of carbonyl (C=O) groups excluding carboxylic acids is 2. The Labute approximate surface area is 230 Å². The summed E-state index contributed by atoms with van der Waals surface area (Å²) in [6, 6.07) is 14.4. The van der Waals surface area contributed by atoms with E-state index < -0.39 is 5.91 Å². The van der Waals surface area contributed by atoms with Crippen LogP contribution in [0.3, 0.4) is 0 Å². The molecule has 1 saturated heterocycles. The SMILES string of the molecule is CCOc1cc(/C=C2\SC(=O)N(Cc3ccc(Cl)cc3Cl)C2=O)cc(Br)c1OCc1ccc(F)cc1. The van der Waals surface area contributed by atoms with Crippen molar-refractivity contribution in [3.8, 4) is 11.5 Å². The van der Waals surface area contributed by atoms with E-state index in [9.17, 15) is 14.0 Å². The van der Waals surface area contributed by atoms with E-state index in [1.54, 1.807) is 48.5 Å². The number of amides is 2. The van der Waals surface area contributed by atoms with Gasteiger partial charge in [-0.3, -0.25) is 14.5 Å². The first-order chi connectivity index (χ1) is 17.2. The first kappa shape index (κ1) is 26.5. The minimum Gasteiger partial charge on any atom is -0.490 e. The number of imide groups is 1. The van der Waals surface area contributed by atoms with E-state index in [0.29, 0.717) is 43.8 Å². The predicted octanol–water partition coefficient (Wildman–Crippen LogP) is 8.11. The Morgan fingerprint density at radius 1 is 1.06 bits per heavy atom. The van der Waals surface area contributed by atoms with E-state index in [4.69, 9.17) is 32.7 Å². The molecule has 10 heteroatoms. The van der Waals surface area contributed by atoms with Crippen molar-refractivity contribution in [2.75, 3.05) is 6.61 Å². The number of hydrogen-bond acceptors (Lipinski definition) is 5. The summed E-state index contributed by atoms with van der Waals surface area (Å²) in [6.45, 7) is 2.49. The number of hydrogen-bond donors (Lipinski definition) is 0. The summed E-state index contributed by atoms with van der Waals surface area (Å²) in [4.78, 5) is 27.0. The third-order valence-electron chi connectivity index (χ3n) is 5.14. The maximum atomic E-state index is 13.2. The van der Waals surface area contributed by atoms with Crippen LogP contribution in [-0.2, 0) is 17.9 Å². The molecule has 1 fully saturated rings. The van der Waals surface area contributed by atoms with Crippen molar-refractivity contribution in [3.05, 3.63) is 96.5 Å². The Balaban J connectivity index is 1.55. The maximum Gasteiger partial charge on any atom is 0.293 e. The minimum absolute atomic E-state index is 0.0437. The molecular weight excluding hydrogens is 592 g/mol. The first-order valence-corrected chi connectivity index (χ1v) is 13.1. The predicted molar refractivity (Wildman–Crippen MR) is 144 cm³/mol. The molecule has 0 saturated carbocycles. The van der Waals surface area contributed by atoms with Crippen LogP contribution < -0.4 is 9.47 Å². The zero-order valence-corrected chi connectivity index (χ0v) is 22.8. The Morgan fingerprint density at radius 2 is 1.81 bits per heavy atom. The molecule has 3 aromatic carbocycles. The molecule has 186 valence electrons. The van der Waals surface area contributed by atoms with E-state index in [0.717, 1.165) is 22.2 Å². The molecular formula is C26H19BrCl2FNO4S. The normalized spacial score (nSPS) is 14.6. The Morgan fingerprint density at radius 3 is 2.50 bits per heavy atom. The highest BCUT2D eigenvalue weighted by Gasteiger charge is 2.35. The van der Waals surface area contributed by atoms with Gasteiger partial charge in [-0.2, -0.15) is 0 Å². The molecule has 0 atom stereocenters. The molecule has 0 spiro atoms. The van der Waals surface area contributed by atoms with E-state index >= 15 is 0 Å². The number of ether oxygens (including phenoxy) is 2. The molecule has 36 heavy (non-hydrogen) atoms. The van der Waals surface area contributed by atoms with Gasteiger partial charge in [0.25, 0.3) is 11.1 Å². The Kier molecular flexibility index (Phi) is 8.62. The maximum absolute atomic E-state index is 13.2. The molecule has 4 rings (SSSR count). The van der Waals surface area contributed by atoms with E-state index in [2.05, 4.69) is 15.9 Å². The number of rotatable bonds is 8. The summed E-state index contributed by atoms with van der Waals surface area (Å²) >= 11 is 16.5. The van der Waals surface area contributed by atoms with Crippen molar-refractivity contribution >= 4 is 68.1 Å². The van der Waals surface area contributed by atoms with Gasteiger partial charge in [0.05, 0.1) is 22.5 Å². The van der Waals surface area contributed by atoms with Gasteiger partial charge in [0.15, 0.2) is 11.5 Å². The summed E-state index contributed by atoms with van der Waals surface area (Å²) in [5.41, 5.74) is 2.06. The number of benzene rings is 3. The molecule has 1 aliphatic heterocycles. The number of thioether (sulfide) groups is 1. The Hall–Kier alpha value is -2.52. The van der Waals surface area contributed by atoms with Crippen LogP contribution in [0.25, 0.3) is 6.08 Å². The monoisotopic (exact) mass is 609 g/mol. The minimum atomic E-state index is -0.415. The van der Waals surface area contributed by atoms with Gasteiger partial charge in [-0.15, -0.1) is 0 Å². The van der Waals surface area contributed by atoms with Crippen LogP contribution in [0, 0.1) is 5.82 Å². The van der Waals surface area contributed by atoms with Gasteiger partial charge in [0.2, 0.25) is 0 Å². The largest absolute Gasteiger partial charge is 0.490 e. The lowest BCUT2D eigenvalue weighted by molar-refractivity contribution is -0.123. The van der Waals surface area contributed by atoms with Crippen molar-refractivity contribution in [1.82, 2.24) is 4.90 Å². The zero-order chi connectivity index (χ0) is 25.8. The van der Waals surface area contributed by atoms with Crippen LogP contribution in [0.4, 0.5) is 9.18 Å². The highest BCUT2D eigenvalue weighted by atomic mass is 79.9. The van der Waals surface area contributed by atoms with Gasteiger partial charge in [0, 0.05) is 10.0 Å². The fraction of sp³-hybridized carbons (Fsp3) is 0.154. The molecule has 0 aromatic heterocycles. The van der Waals surface area contributed by atoms with E-state index in [1.807, 2.05) is 6.92 Å². The van der Waals surface area contributed by atoms with Crippen molar-refractivity contribution in [3.63, 3.8) is 0 Å². The highest BCUT2D eigenvalue weighted by molar-refractivity contribution is 9.10. The summed E-state index contributed by atoms with van der Waals surface area (Å²) in [5.74, 6) is 0.206. The third-order valence-corrected chi connectivity index (χ3v) is 7.23. The average Bonchev–Trinajstić information content (AvgIpc) is 3.08. The summed E-state index contributed by atoms with van der Waals surface area (Å²) in [5, 5.41) is 0.464. The van der Waals surface area contributed by atoms with Crippen LogP contribution >= 0.6 is 50.9 Å². The molecule has 5 nitrogen and oxygen atoms in total. The molecule has 0 N–H and O–H groups in total. The smallest absolute Gasteiger partial charge is 0.293 e. The van der Waals surface area contributed by atoms with E-state index in [1.165, 1.54) is 12.1 Å². The number of carbonyl (C=O) groups is 2. The molecule has 0 aliphatic carbocycles. The molecule has 3 aromatic rings. The molecule has 1 aliphatic rings. The summed E-state index contributed by atoms with van der Waals surface area (Å²) in [6.07, 6.45) is 1.63. The van der Waals surface area contributed by atoms with Crippen LogP contribution in [0.1, 0.15) is 23.6 Å². The van der Waals surface area contributed by atoms with Gasteiger partial charge in [-0.25, -0.2) is 4.39 Å². The lowest BCUT2D eigenvalue weighted by atomic mass is 10.1. The second-order valence-corrected chi connectivity index (χ2v) is 10.4. The van der Waals surface area contributed by atoms with Crippen LogP contribution in [0.15, 0.2) is 64.0 Å². The Bertz CT molecular complexity index is 1350. The van der Waals surface area contributed by atoms with Crippen molar-refractivity contribution in [1.29, 1.82) is 0 Å². The second kappa shape index (κ2) is 11.7. The molecule has 0 radical (unpaired) electrons. The van der Waals surface area contributed by atoms with Gasteiger partial charge in [-0.05, 0) is 93.8 Å². The van der Waals surface area contributed by atoms with Crippen molar-refractivity contribution < 1.29 is 23.5 Å². The molecule has 0 unspecified atom stereocenters. The fourth-order valence-corrected chi connectivity index (χ4v) is 5.30. The van der Waals surface area contributed by atoms with E-state index in [-0.39, 0.29) is 29.1 Å². The molecule has 1 heterocycles. The van der Waals surface area contributed by atoms with Crippen molar-refractivity contribution in [2.45, 2.75) is 20.1 Å². The first-order valence-electron chi connectivity index (χ1n) is 10.8. The topological polar surface area (TPSA) is 55.8 Å². The van der Waals surface area contributed by atoms with Gasteiger partial charge in [-0.1, -0.05) is 41.4 Å². The standard InChI is InChI=1S/C26H19BrCl2FNO4S/c1-2-34-22-10-16(9-20(27)24(22)35-14-15-3-7-19(30)8-4-15)11-23-25(32)31(26(33)36-23)13-17-5-6-18(28)12-21(17)29/h3-12H,2,13-14H2,1H3/b23-11-. The van der Waals surface area contributed by atoms with Crippen molar-refractivity contribution in [2.24, 2.45) is 0 Å². The molecule has 0 bridgehead atoms. The van der Waals surface area contributed by atoms with Crippen LogP contribution in [0.2, 0.25) is 10.0 Å². The van der Waals surface area contributed by atoms with Crippen LogP contribution in [0.5, 0.6) is 11.5 Å². The van der Waals surface area contributed by atoms with Gasteiger partial charge in [0.1, 0.15) is 12.4 Å². The van der Waals surface area contributed by atoms with Gasteiger partial charge < -0.3 is 9.47 Å². The molecule has 2 amide bonds. The lowest BCUT2D eigenvalue weighted by Crippen LogP contribution is -2.27. The average molecular weight is 611 g/mol. The third kappa shape index (κ3) is 6.24. The summed E-state index contributed by atoms with van der Waals surface area (Å²) in [7, 11) is 0. The number of halogens is 4. The van der Waals surface area contributed by atoms with Gasteiger partial charge >= 0.3 is 0 Å². The lowest BCUT2D eigenvalue weighted by Gasteiger charge is -2.15. The highest BCUT2D eigenvalue weighted by Crippen LogP contribution is 2.40. The number of nitrogens with zero attached hydrogens (tertiary/aromatic N) is 1. The summed E-state index contributed by atoms with van der Waals surface area (Å²) < 4.78 is 25.5. The quantitative estimate of drug-likeness (QED) is 0.241. The zero-order valence-electron chi connectivity index (χ0n) is 18.9. The van der Waals surface area contributed by atoms with Crippen LogP contribution in [-0.4, -0.2) is 22.7 Å².